The van der Waals surface area contributed by atoms with E-state index in [4.69, 9.17) is 4.74 Å². The third-order valence-corrected chi connectivity index (χ3v) is 3.64. The van der Waals surface area contributed by atoms with E-state index in [0.717, 1.165) is 22.4 Å². The van der Waals surface area contributed by atoms with Gasteiger partial charge in [-0.15, -0.1) is 0 Å². The van der Waals surface area contributed by atoms with Gasteiger partial charge >= 0.3 is 0 Å². The highest BCUT2D eigenvalue weighted by Gasteiger charge is 2.22. The highest BCUT2D eigenvalue weighted by atomic mass is 79.9. The van der Waals surface area contributed by atoms with Crippen LogP contribution in [-0.2, 0) is 16.8 Å². The maximum atomic E-state index is 10.5. The van der Waals surface area contributed by atoms with Gasteiger partial charge < -0.3 is 9.29 Å². The standard InChI is InChI=1S/C11H13BrO3S/c12-10-5-9(7-16(13)14)3-4-11(10)15-6-8-1-2-8/h3-5,8H,1-2,6-7H2,(H,13,14)/p-1. The van der Waals surface area contributed by atoms with Crippen molar-refractivity contribution < 1.29 is 13.5 Å². The number of ether oxygens (including phenoxy) is 1. The van der Waals surface area contributed by atoms with Crippen molar-refractivity contribution in [2.75, 3.05) is 6.61 Å². The van der Waals surface area contributed by atoms with Gasteiger partial charge in [0.1, 0.15) is 5.75 Å². The molecule has 1 atom stereocenters. The van der Waals surface area contributed by atoms with E-state index in [9.17, 15) is 8.76 Å². The molecule has 3 nitrogen and oxygen atoms in total. The van der Waals surface area contributed by atoms with E-state index in [0.29, 0.717) is 5.92 Å². The average Bonchev–Trinajstić information content (AvgIpc) is 2.99. The molecular weight excluding hydrogens is 292 g/mol. The van der Waals surface area contributed by atoms with Gasteiger partial charge in [-0.2, -0.15) is 0 Å². The molecule has 0 amide bonds. The molecule has 1 aliphatic carbocycles. The molecule has 0 spiro atoms. The van der Waals surface area contributed by atoms with Gasteiger partial charge in [0.15, 0.2) is 0 Å². The summed E-state index contributed by atoms with van der Waals surface area (Å²) in [6.07, 6.45) is 2.51. The zero-order valence-corrected chi connectivity index (χ0v) is 11.1. The first-order valence-corrected chi connectivity index (χ1v) is 7.16. The first kappa shape index (κ1) is 12.1. The van der Waals surface area contributed by atoms with Crippen LogP contribution in [0.4, 0.5) is 0 Å². The van der Waals surface area contributed by atoms with Gasteiger partial charge in [0, 0.05) is 5.75 Å². The van der Waals surface area contributed by atoms with E-state index in [2.05, 4.69) is 15.9 Å². The van der Waals surface area contributed by atoms with Crippen LogP contribution >= 0.6 is 15.9 Å². The third-order valence-electron chi connectivity index (χ3n) is 2.45. The predicted molar refractivity (Wildman–Crippen MR) is 65.0 cm³/mol. The summed E-state index contributed by atoms with van der Waals surface area (Å²) >= 11 is 1.34. The van der Waals surface area contributed by atoms with Crippen molar-refractivity contribution in [2.45, 2.75) is 18.6 Å². The average molecular weight is 304 g/mol. The van der Waals surface area contributed by atoms with Gasteiger partial charge in [-0.3, -0.25) is 4.21 Å². The molecule has 5 heteroatoms. The van der Waals surface area contributed by atoms with Crippen LogP contribution in [0.2, 0.25) is 0 Å². The normalized spacial score (nSPS) is 17.1. The molecule has 0 N–H and O–H groups in total. The summed E-state index contributed by atoms with van der Waals surface area (Å²) < 4.78 is 27.5. The molecule has 0 radical (unpaired) electrons. The highest BCUT2D eigenvalue weighted by molar-refractivity contribution is 9.10. The van der Waals surface area contributed by atoms with Crippen molar-refractivity contribution >= 4 is 27.0 Å². The molecule has 88 valence electrons. The predicted octanol–water partition coefficient (Wildman–Crippen LogP) is 2.62. The molecule has 1 fully saturated rings. The van der Waals surface area contributed by atoms with E-state index >= 15 is 0 Å². The number of rotatable bonds is 5. The molecule has 1 aromatic carbocycles. The Morgan fingerprint density at radius 2 is 2.25 bits per heavy atom. The fourth-order valence-electron chi connectivity index (χ4n) is 1.38. The summed E-state index contributed by atoms with van der Waals surface area (Å²) in [6.45, 7) is 0.755. The fourth-order valence-corrected chi connectivity index (χ4v) is 2.37. The summed E-state index contributed by atoms with van der Waals surface area (Å²) in [4.78, 5) is 0. The second-order valence-electron chi connectivity index (χ2n) is 3.97. The first-order chi connectivity index (χ1) is 7.65. The Bertz CT molecular complexity index is 404. The van der Waals surface area contributed by atoms with Gasteiger partial charge in [-0.05, 0) is 52.4 Å². The van der Waals surface area contributed by atoms with Crippen LogP contribution < -0.4 is 4.74 Å². The second-order valence-corrected chi connectivity index (χ2v) is 5.72. The Labute approximate surface area is 106 Å². The Kier molecular flexibility index (Phi) is 4.00. The van der Waals surface area contributed by atoms with Gasteiger partial charge in [-0.1, -0.05) is 17.1 Å². The van der Waals surface area contributed by atoms with Crippen molar-refractivity contribution in [3.05, 3.63) is 28.2 Å². The summed E-state index contributed by atoms with van der Waals surface area (Å²) in [5, 5.41) is 0. The van der Waals surface area contributed by atoms with E-state index in [1.54, 1.807) is 12.1 Å². The van der Waals surface area contributed by atoms with Crippen LogP contribution in [0.5, 0.6) is 5.75 Å². The molecule has 0 aliphatic heterocycles. The Morgan fingerprint density at radius 3 is 2.81 bits per heavy atom. The topological polar surface area (TPSA) is 49.4 Å². The lowest BCUT2D eigenvalue weighted by Crippen LogP contribution is -2.00. The minimum Gasteiger partial charge on any atom is -0.772 e. The zero-order valence-electron chi connectivity index (χ0n) is 8.65. The van der Waals surface area contributed by atoms with Gasteiger partial charge in [0.05, 0.1) is 11.1 Å². The van der Waals surface area contributed by atoms with Gasteiger partial charge in [-0.25, -0.2) is 0 Å². The van der Waals surface area contributed by atoms with E-state index < -0.39 is 11.1 Å². The molecule has 0 saturated heterocycles. The number of hydrogen-bond acceptors (Lipinski definition) is 3. The minimum atomic E-state index is -2.04. The smallest absolute Gasteiger partial charge is 0.133 e. The fraction of sp³-hybridized carbons (Fsp3) is 0.455. The van der Waals surface area contributed by atoms with Crippen LogP contribution in [0.25, 0.3) is 0 Å². The van der Waals surface area contributed by atoms with Crippen LogP contribution in [0.1, 0.15) is 18.4 Å². The first-order valence-electron chi connectivity index (χ1n) is 5.12. The molecule has 1 aliphatic rings. The zero-order chi connectivity index (χ0) is 11.5. The van der Waals surface area contributed by atoms with Crippen molar-refractivity contribution in [2.24, 2.45) is 5.92 Å². The van der Waals surface area contributed by atoms with Crippen LogP contribution in [0, 0.1) is 5.92 Å². The van der Waals surface area contributed by atoms with Gasteiger partial charge in [0.2, 0.25) is 0 Å². The van der Waals surface area contributed by atoms with Crippen molar-refractivity contribution in [3.8, 4) is 5.75 Å². The largest absolute Gasteiger partial charge is 0.772 e. The molecule has 16 heavy (non-hydrogen) atoms. The Morgan fingerprint density at radius 1 is 1.50 bits per heavy atom. The molecule has 1 unspecified atom stereocenters. The van der Waals surface area contributed by atoms with E-state index in [1.165, 1.54) is 12.8 Å². The SMILES string of the molecule is O=S([O-])Cc1ccc(OCC2CC2)c(Br)c1. The minimum absolute atomic E-state index is 0.0432. The van der Waals surface area contributed by atoms with Crippen molar-refractivity contribution in [1.82, 2.24) is 0 Å². The van der Waals surface area contributed by atoms with Crippen LogP contribution in [-0.4, -0.2) is 15.4 Å². The molecule has 0 heterocycles. The number of hydrogen-bond donors (Lipinski definition) is 0. The second kappa shape index (κ2) is 5.29. The van der Waals surface area contributed by atoms with E-state index in [-0.39, 0.29) is 5.75 Å². The lowest BCUT2D eigenvalue weighted by Gasteiger charge is -2.10. The maximum Gasteiger partial charge on any atom is 0.133 e. The van der Waals surface area contributed by atoms with Crippen molar-refractivity contribution in [3.63, 3.8) is 0 Å². The Hall–Kier alpha value is -0.390. The summed E-state index contributed by atoms with van der Waals surface area (Å²) in [5.74, 6) is 1.54. The number of benzene rings is 1. The third kappa shape index (κ3) is 3.57. The maximum absolute atomic E-state index is 10.5. The lowest BCUT2D eigenvalue weighted by atomic mass is 10.2. The van der Waals surface area contributed by atoms with Crippen LogP contribution in [0.15, 0.2) is 22.7 Å². The molecule has 2 rings (SSSR count). The Balaban J connectivity index is 2.00. The highest BCUT2D eigenvalue weighted by Crippen LogP contribution is 2.32. The molecule has 0 aromatic heterocycles. The molecule has 0 bridgehead atoms. The van der Waals surface area contributed by atoms with Crippen LogP contribution in [0.3, 0.4) is 0 Å². The summed E-state index contributed by atoms with van der Waals surface area (Å²) in [7, 11) is 0. The molecule has 1 aromatic rings. The quantitative estimate of drug-likeness (QED) is 0.786. The monoisotopic (exact) mass is 303 g/mol. The van der Waals surface area contributed by atoms with Gasteiger partial charge in [0.25, 0.3) is 0 Å². The molecular formula is C11H12BrO3S-. The summed E-state index contributed by atoms with van der Waals surface area (Å²) in [5.41, 5.74) is 0.763. The van der Waals surface area contributed by atoms with E-state index in [1.807, 2.05) is 6.07 Å². The lowest BCUT2D eigenvalue weighted by molar-refractivity contribution is 0.298. The van der Waals surface area contributed by atoms with Crippen molar-refractivity contribution in [1.29, 1.82) is 0 Å². The summed E-state index contributed by atoms with van der Waals surface area (Å²) in [6, 6.07) is 5.38. The molecule has 1 saturated carbocycles. The number of halogens is 1.